The maximum absolute atomic E-state index is 13.1. The number of carbonyl (C=O) groups is 3. The average molecular weight is 472 g/mol. The van der Waals surface area contributed by atoms with Crippen molar-refractivity contribution in [3.05, 3.63) is 68.5 Å². The van der Waals surface area contributed by atoms with E-state index in [2.05, 4.69) is 4.98 Å². The zero-order chi connectivity index (χ0) is 24.6. The second kappa shape index (κ2) is 8.90. The Labute approximate surface area is 193 Å². The second-order valence-electron chi connectivity index (χ2n) is 8.25. The molecule has 2 aliphatic heterocycles. The van der Waals surface area contributed by atoms with E-state index < -0.39 is 59.1 Å². The number of rotatable bonds is 5. The van der Waals surface area contributed by atoms with E-state index in [1.54, 1.807) is 12.1 Å². The maximum Gasteiger partial charge on any atom is 0.331 e. The molecule has 11 heteroatoms. The minimum absolute atomic E-state index is 0.202. The standard InChI is InChI=1S/C23H24N2O9/c1-12(26)31-11-18-20(32-13(2)27)21(33-14(3)28)23(34-18)17(15-7-5-4-6-8-15)9-16-10-19(29)24-22(30)25(16)23/h4-8,10,17-18,20-21H,9,11H2,1-3H3,(H,24,29,30)/t17-,18+,20+,21-,23-/m0/s1. The molecule has 2 aromatic rings. The minimum Gasteiger partial charge on any atom is -0.463 e. The Hall–Kier alpha value is -3.73. The van der Waals surface area contributed by atoms with Crippen molar-refractivity contribution in [3.8, 4) is 0 Å². The second-order valence-corrected chi connectivity index (χ2v) is 8.25. The van der Waals surface area contributed by atoms with Crippen LogP contribution in [0.25, 0.3) is 0 Å². The summed E-state index contributed by atoms with van der Waals surface area (Å²) in [5.74, 6) is -2.58. The van der Waals surface area contributed by atoms with Crippen LogP contribution in [0.5, 0.6) is 0 Å². The van der Waals surface area contributed by atoms with Crippen LogP contribution in [-0.2, 0) is 45.5 Å². The molecule has 0 amide bonds. The molecule has 4 rings (SSSR count). The van der Waals surface area contributed by atoms with Crippen molar-refractivity contribution in [1.29, 1.82) is 0 Å². The van der Waals surface area contributed by atoms with E-state index in [9.17, 15) is 24.0 Å². The van der Waals surface area contributed by atoms with Crippen molar-refractivity contribution < 1.29 is 33.3 Å². The summed E-state index contributed by atoms with van der Waals surface area (Å²) < 4.78 is 23.9. The van der Waals surface area contributed by atoms with Crippen molar-refractivity contribution in [1.82, 2.24) is 9.55 Å². The van der Waals surface area contributed by atoms with Crippen LogP contribution in [0.1, 0.15) is 37.9 Å². The monoisotopic (exact) mass is 472 g/mol. The van der Waals surface area contributed by atoms with Crippen LogP contribution >= 0.6 is 0 Å². The molecular weight excluding hydrogens is 448 g/mol. The lowest BCUT2D eigenvalue weighted by Crippen LogP contribution is -2.54. The molecule has 0 radical (unpaired) electrons. The van der Waals surface area contributed by atoms with Gasteiger partial charge in [0.15, 0.2) is 17.9 Å². The van der Waals surface area contributed by atoms with Gasteiger partial charge in [-0.3, -0.25) is 28.7 Å². The van der Waals surface area contributed by atoms with Crippen LogP contribution in [0.4, 0.5) is 0 Å². The van der Waals surface area contributed by atoms with E-state index in [0.29, 0.717) is 5.69 Å². The molecule has 1 N–H and O–H groups in total. The highest BCUT2D eigenvalue weighted by atomic mass is 16.7. The number of aromatic amines is 1. The Kier molecular flexibility index (Phi) is 6.13. The van der Waals surface area contributed by atoms with Crippen molar-refractivity contribution in [2.45, 2.75) is 57.1 Å². The van der Waals surface area contributed by atoms with E-state index in [0.717, 1.165) is 5.56 Å². The first kappa shape index (κ1) is 23.4. The number of H-pyrrole nitrogens is 1. The number of ether oxygens (including phenoxy) is 4. The fourth-order valence-corrected chi connectivity index (χ4v) is 4.89. The Bertz CT molecular complexity index is 1230. The quantitative estimate of drug-likeness (QED) is 0.482. The number of nitrogens with zero attached hydrogens (tertiary/aromatic N) is 1. The molecule has 0 aliphatic carbocycles. The summed E-state index contributed by atoms with van der Waals surface area (Å²) in [7, 11) is 0. The highest BCUT2D eigenvalue weighted by molar-refractivity contribution is 5.68. The minimum atomic E-state index is -1.69. The van der Waals surface area contributed by atoms with Gasteiger partial charge in [0, 0.05) is 38.4 Å². The molecule has 11 nitrogen and oxygen atoms in total. The smallest absolute Gasteiger partial charge is 0.331 e. The van der Waals surface area contributed by atoms with Gasteiger partial charge in [0.25, 0.3) is 5.56 Å². The number of esters is 3. The Balaban J connectivity index is 1.97. The SMILES string of the molecule is CC(=O)OC[C@H]1O[C@@]2([C@H](c3ccccc3)Cc3cc(=O)[nH]c(=O)n32)[C@@H](OC(C)=O)[C@@H]1OC(C)=O. The Morgan fingerprint density at radius 2 is 1.74 bits per heavy atom. The third-order valence-corrected chi connectivity index (χ3v) is 5.94. The van der Waals surface area contributed by atoms with Crippen molar-refractivity contribution in [2.75, 3.05) is 6.61 Å². The summed E-state index contributed by atoms with van der Waals surface area (Å²) in [6, 6.07) is 10.3. The summed E-state index contributed by atoms with van der Waals surface area (Å²) in [6.07, 6.45) is -3.34. The topological polar surface area (TPSA) is 143 Å². The van der Waals surface area contributed by atoms with E-state index in [1.165, 1.54) is 31.4 Å². The average Bonchev–Trinajstić information content (AvgIpc) is 3.22. The van der Waals surface area contributed by atoms with Gasteiger partial charge >= 0.3 is 23.6 Å². The fraction of sp³-hybridized carbons (Fsp3) is 0.435. The summed E-state index contributed by atoms with van der Waals surface area (Å²) in [4.78, 5) is 63.1. The molecule has 1 fully saturated rings. The molecule has 1 spiro atoms. The molecule has 180 valence electrons. The largest absolute Gasteiger partial charge is 0.463 e. The summed E-state index contributed by atoms with van der Waals surface area (Å²) >= 11 is 0. The van der Waals surface area contributed by atoms with E-state index in [4.69, 9.17) is 18.9 Å². The summed E-state index contributed by atoms with van der Waals surface area (Å²) in [5.41, 5.74) is -1.95. The number of aromatic nitrogens is 2. The first-order valence-electron chi connectivity index (χ1n) is 10.7. The van der Waals surface area contributed by atoms with Gasteiger partial charge in [-0.15, -0.1) is 0 Å². The summed E-state index contributed by atoms with van der Waals surface area (Å²) in [6.45, 7) is 3.25. The van der Waals surface area contributed by atoms with Gasteiger partial charge in [-0.25, -0.2) is 4.79 Å². The normalized spacial score (nSPS) is 27.3. The van der Waals surface area contributed by atoms with Crippen LogP contribution < -0.4 is 11.2 Å². The van der Waals surface area contributed by atoms with Gasteiger partial charge in [0.2, 0.25) is 0 Å². The molecule has 2 aliphatic rings. The van der Waals surface area contributed by atoms with Crippen LogP contribution in [-0.4, -0.2) is 52.4 Å². The van der Waals surface area contributed by atoms with Crippen LogP contribution in [0.3, 0.4) is 0 Å². The lowest BCUT2D eigenvalue weighted by atomic mass is 9.84. The molecule has 1 aromatic carbocycles. The predicted octanol–water partition coefficient (Wildman–Crippen LogP) is 0.355. The number of benzene rings is 1. The molecule has 1 aromatic heterocycles. The number of nitrogens with one attached hydrogen (secondary N) is 1. The van der Waals surface area contributed by atoms with Crippen LogP contribution in [0, 0.1) is 0 Å². The van der Waals surface area contributed by atoms with Crippen LogP contribution in [0.15, 0.2) is 46.0 Å². The van der Waals surface area contributed by atoms with Crippen molar-refractivity contribution in [2.24, 2.45) is 0 Å². The lowest BCUT2D eigenvalue weighted by Gasteiger charge is -2.37. The molecule has 1 saturated heterocycles. The zero-order valence-electron chi connectivity index (χ0n) is 18.8. The number of fused-ring (bicyclic) bond motifs is 2. The van der Waals surface area contributed by atoms with Crippen LogP contribution in [0.2, 0.25) is 0 Å². The van der Waals surface area contributed by atoms with E-state index >= 15 is 0 Å². The third kappa shape index (κ3) is 4.03. The lowest BCUT2D eigenvalue weighted by molar-refractivity contribution is -0.185. The number of hydrogen-bond acceptors (Lipinski definition) is 9. The van der Waals surface area contributed by atoms with Gasteiger partial charge < -0.3 is 18.9 Å². The first-order chi connectivity index (χ1) is 16.1. The van der Waals surface area contributed by atoms with Gasteiger partial charge in [0.1, 0.15) is 12.7 Å². The predicted molar refractivity (Wildman–Crippen MR) is 115 cm³/mol. The van der Waals surface area contributed by atoms with Gasteiger partial charge in [0.05, 0.1) is 0 Å². The zero-order valence-corrected chi connectivity index (χ0v) is 18.8. The van der Waals surface area contributed by atoms with E-state index in [1.807, 2.05) is 18.2 Å². The first-order valence-corrected chi connectivity index (χ1v) is 10.7. The Morgan fingerprint density at radius 1 is 1.06 bits per heavy atom. The van der Waals surface area contributed by atoms with Gasteiger partial charge in [-0.2, -0.15) is 0 Å². The summed E-state index contributed by atoms with van der Waals surface area (Å²) in [5, 5.41) is 0. The molecular formula is C23H24N2O9. The fourth-order valence-electron chi connectivity index (χ4n) is 4.89. The molecule has 0 bridgehead atoms. The van der Waals surface area contributed by atoms with Crippen molar-refractivity contribution >= 4 is 17.9 Å². The van der Waals surface area contributed by atoms with Gasteiger partial charge in [-0.05, 0) is 12.0 Å². The molecule has 3 heterocycles. The molecule has 34 heavy (non-hydrogen) atoms. The molecule has 0 saturated carbocycles. The third-order valence-electron chi connectivity index (χ3n) is 5.94. The maximum atomic E-state index is 13.1. The highest BCUT2D eigenvalue weighted by Crippen LogP contribution is 2.52. The van der Waals surface area contributed by atoms with Gasteiger partial charge in [-0.1, -0.05) is 30.3 Å². The van der Waals surface area contributed by atoms with Crippen molar-refractivity contribution in [3.63, 3.8) is 0 Å². The van der Waals surface area contributed by atoms with E-state index in [-0.39, 0.29) is 13.0 Å². The molecule has 5 atom stereocenters. The number of carbonyl (C=O) groups excluding carboxylic acids is 3. The number of hydrogen-bond donors (Lipinski definition) is 1. The Morgan fingerprint density at radius 3 is 2.35 bits per heavy atom. The highest BCUT2D eigenvalue weighted by Gasteiger charge is 2.67. The molecule has 0 unspecified atom stereocenters.